The van der Waals surface area contributed by atoms with Crippen LogP contribution in [0.25, 0.3) is 0 Å². The average Bonchev–Trinajstić information content (AvgIpc) is 3.10. The smallest absolute Gasteiger partial charge is 0.335 e. The van der Waals surface area contributed by atoms with Crippen molar-refractivity contribution in [1.29, 1.82) is 0 Å². The maximum atomic E-state index is 12.3. The van der Waals surface area contributed by atoms with E-state index in [2.05, 4.69) is 24.5 Å². The first-order chi connectivity index (χ1) is 16.2. The first-order valence-electron chi connectivity index (χ1n) is 13.3. The van der Waals surface area contributed by atoms with Crippen LogP contribution in [0.3, 0.4) is 0 Å². The Labute approximate surface area is 202 Å². The van der Waals surface area contributed by atoms with Crippen LogP contribution in [0.5, 0.6) is 0 Å². The Kier molecular flexibility index (Phi) is 6.08. The molecule has 7 heteroatoms. The molecule has 1 heterocycles. The van der Waals surface area contributed by atoms with Crippen LogP contribution in [0, 0.1) is 28.6 Å². The zero-order valence-electron chi connectivity index (χ0n) is 20.6. The standard InChI is InChI=1S/C27H41N3O4/c1-25-10-7-19(30-24(32)29-14-13-28)15-18(25)4-5-22-21(25)8-11-26(2)20(9-12-27(22,26)33)17-3-6-23(31)34-16-17/h3,6,16,18-22,33H,4-5,7-15,28H2,1-2H3,(H2,29,30,32)/t18-,19-,20-,21+,22-,25+,26-,27+/m1/s1. The van der Waals surface area contributed by atoms with Crippen molar-refractivity contribution in [2.24, 2.45) is 34.3 Å². The van der Waals surface area contributed by atoms with E-state index in [0.29, 0.717) is 30.8 Å². The van der Waals surface area contributed by atoms with Crippen LogP contribution < -0.4 is 22.0 Å². The molecule has 5 N–H and O–H groups in total. The molecule has 0 spiro atoms. The monoisotopic (exact) mass is 471 g/mol. The van der Waals surface area contributed by atoms with Crippen molar-refractivity contribution in [1.82, 2.24) is 10.6 Å². The van der Waals surface area contributed by atoms with Crippen LogP contribution in [0.15, 0.2) is 27.6 Å². The molecule has 0 radical (unpaired) electrons. The summed E-state index contributed by atoms with van der Waals surface area (Å²) < 4.78 is 5.20. The molecule has 0 saturated heterocycles. The number of aliphatic hydroxyl groups is 1. The Balaban J connectivity index is 1.33. The Hall–Kier alpha value is -1.86. The van der Waals surface area contributed by atoms with Crippen LogP contribution >= 0.6 is 0 Å². The molecule has 1 aromatic heterocycles. The zero-order chi connectivity index (χ0) is 24.1. The number of nitrogens with one attached hydrogen (secondary N) is 2. The SMILES string of the molecule is C[C@]12CC[C@@H](NC(=O)NCCN)C[C@H]1CC[C@@H]1[C@@H]2CC[C@]2(C)[C@@H](c3ccc(=O)oc3)CC[C@]12O. The fourth-order valence-electron chi connectivity index (χ4n) is 8.88. The quantitative estimate of drug-likeness (QED) is 0.536. The molecule has 0 aliphatic heterocycles. The first kappa shape index (κ1) is 23.9. The predicted molar refractivity (Wildman–Crippen MR) is 130 cm³/mol. The van der Waals surface area contributed by atoms with Gasteiger partial charge >= 0.3 is 11.7 Å². The molecule has 4 saturated carbocycles. The summed E-state index contributed by atoms with van der Waals surface area (Å²) >= 11 is 0. The lowest BCUT2D eigenvalue weighted by molar-refractivity contribution is -0.201. The van der Waals surface area contributed by atoms with Gasteiger partial charge in [-0.05, 0) is 98.5 Å². The van der Waals surface area contributed by atoms with E-state index >= 15 is 0 Å². The fourth-order valence-corrected chi connectivity index (χ4v) is 8.88. The van der Waals surface area contributed by atoms with Gasteiger partial charge < -0.3 is 25.9 Å². The van der Waals surface area contributed by atoms with Crippen molar-refractivity contribution in [3.8, 4) is 0 Å². The lowest BCUT2D eigenvalue weighted by atomic mass is 9.43. The Morgan fingerprint density at radius 3 is 2.68 bits per heavy atom. The molecule has 0 aromatic carbocycles. The van der Waals surface area contributed by atoms with Gasteiger partial charge in [-0.3, -0.25) is 0 Å². The minimum Gasteiger partial charge on any atom is -0.431 e. The van der Waals surface area contributed by atoms with Crippen molar-refractivity contribution in [2.45, 2.75) is 89.2 Å². The van der Waals surface area contributed by atoms with Crippen molar-refractivity contribution in [3.63, 3.8) is 0 Å². The molecular formula is C27H41N3O4. The summed E-state index contributed by atoms with van der Waals surface area (Å²) in [7, 11) is 0. The predicted octanol–water partition coefficient (Wildman–Crippen LogP) is 3.51. The molecule has 0 unspecified atom stereocenters. The van der Waals surface area contributed by atoms with Crippen molar-refractivity contribution < 1.29 is 14.3 Å². The van der Waals surface area contributed by atoms with Crippen LogP contribution in [0.4, 0.5) is 4.79 Å². The van der Waals surface area contributed by atoms with Gasteiger partial charge in [0.1, 0.15) is 0 Å². The number of fused-ring (bicyclic) bond motifs is 5. The van der Waals surface area contributed by atoms with E-state index in [4.69, 9.17) is 10.2 Å². The molecule has 4 fully saturated rings. The first-order valence-corrected chi connectivity index (χ1v) is 13.3. The number of nitrogens with two attached hydrogens (primary N) is 1. The van der Waals surface area contributed by atoms with E-state index in [1.165, 1.54) is 6.07 Å². The van der Waals surface area contributed by atoms with Crippen LogP contribution in [-0.2, 0) is 0 Å². The van der Waals surface area contributed by atoms with E-state index in [1.807, 2.05) is 6.07 Å². The van der Waals surface area contributed by atoms with Gasteiger partial charge in [-0.2, -0.15) is 0 Å². The van der Waals surface area contributed by atoms with E-state index in [0.717, 1.165) is 63.4 Å². The number of carbonyl (C=O) groups excluding carboxylic acids is 1. The summed E-state index contributed by atoms with van der Waals surface area (Å²) in [5.74, 6) is 1.63. The van der Waals surface area contributed by atoms with Crippen molar-refractivity contribution in [2.75, 3.05) is 13.1 Å². The summed E-state index contributed by atoms with van der Waals surface area (Å²) in [6.07, 6.45) is 10.8. The summed E-state index contributed by atoms with van der Waals surface area (Å²) in [5, 5.41) is 18.3. The number of amides is 2. The highest BCUT2D eigenvalue weighted by Crippen LogP contribution is 2.70. The van der Waals surface area contributed by atoms with Gasteiger partial charge in [0, 0.05) is 30.6 Å². The van der Waals surface area contributed by atoms with Gasteiger partial charge in [-0.25, -0.2) is 9.59 Å². The minimum absolute atomic E-state index is 0.107. The number of hydrogen-bond acceptors (Lipinski definition) is 5. The fraction of sp³-hybridized carbons (Fsp3) is 0.778. The topological polar surface area (TPSA) is 118 Å². The van der Waals surface area contributed by atoms with E-state index in [-0.39, 0.29) is 34.4 Å². The third-order valence-electron chi connectivity index (χ3n) is 10.7. The molecule has 2 amide bonds. The molecule has 5 rings (SSSR count). The normalized spacial score (nSPS) is 43.4. The highest BCUT2D eigenvalue weighted by molar-refractivity contribution is 5.74. The highest BCUT2D eigenvalue weighted by atomic mass is 16.4. The molecule has 34 heavy (non-hydrogen) atoms. The molecule has 4 aliphatic carbocycles. The number of urea groups is 1. The summed E-state index contributed by atoms with van der Waals surface area (Å²) in [6.45, 7) is 5.69. The second kappa shape index (κ2) is 8.66. The number of hydrogen-bond donors (Lipinski definition) is 4. The van der Waals surface area contributed by atoms with Crippen LogP contribution in [0.2, 0.25) is 0 Å². The van der Waals surface area contributed by atoms with Gasteiger partial charge in [0.2, 0.25) is 0 Å². The van der Waals surface area contributed by atoms with Gasteiger partial charge in [0.05, 0.1) is 11.9 Å². The van der Waals surface area contributed by atoms with E-state index < -0.39 is 5.60 Å². The lowest BCUT2D eigenvalue weighted by Gasteiger charge is -2.63. The second-order valence-corrected chi connectivity index (χ2v) is 12.0. The Morgan fingerprint density at radius 1 is 1.12 bits per heavy atom. The third-order valence-corrected chi connectivity index (χ3v) is 10.7. The Bertz CT molecular complexity index is 960. The molecule has 4 aliphatic rings. The summed E-state index contributed by atoms with van der Waals surface area (Å²) in [6, 6.07) is 3.52. The molecule has 7 nitrogen and oxygen atoms in total. The molecule has 188 valence electrons. The molecular weight excluding hydrogens is 430 g/mol. The van der Waals surface area contributed by atoms with E-state index in [1.54, 1.807) is 6.26 Å². The molecule has 0 bridgehead atoms. The molecule has 1 aromatic rings. The van der Waals surface area contributed by atoms with Crippen LogP contribution in [-0.4, -0.2) is 35.9 Å². The maximum Gasteiger partial charge on any atom is 0.335 e. The van der Waals surface area contributed by atoms with Gasteiger partial charge in [-0.1, -0.05) is 13.8 Å². The van der Waals surface area contributed by atoms with Crippen LogP contribution in [0.1, 0.15) is 83.1 Å². The summed E-state index contributed by atoms with van der Waals surface area (Å²) in [4.78, 5) is 23.7. The van der Waals surface area contributed by atoms with Crippen molar-refractivity contribution >= 4 is 6.03 Å². The van der Waals surface area contributed by atoms with Gasteiger partial charge in [0.15, 0.2) is 0 Å². The lowest BCUT2D eigenvalue weighted by Crippen LogP contribution is -2.62. The van der Waals surface area contributed by atoms with Gasteiger partial charge in [0.25, 0.3) is 0 Å². The average molecular weight is 472 g/mol. The maximum absolute atomic E-state index is 12.3. The third kappa shape index (κ3) is 3.62. The minimum atomic E-state index is -0.679. The summed E-state index contributed by atoms with van der Waals surface area (Å²) in [5.41, 5.74) is 5.57. The van der Waals surface area contributed by atoms with E-state index in [9.17, 15) is 14.7 Å². The largest absolute Gasteiger partial charge is 0.431 e. The van der Waals surface area contributed by atoms with Gasteiger partial charge in [-0.15, -0.1) is 0 Å². The number of rotatable bonds is 4. The second-order valence-electron chi connectivity index (χ2n) is 12.0. The zero-order valence-corrected chi connectivity index (χ0v) is 20.6. The Morgan fingerprint density at radius 2 is 1.94 bits per heavy atom. The number of carbonyl (C=O) groups is 1. The van der Waals surface area contributed by atoms with Crippen molar-refractivity contribution in [3.05, 3.63) is 34.4 Å². The highest BCUT2D eigenvalue weighted by Gasteiger charge is 2.67. The molecule has 8 atom stereocenters.